The van der Waals surface area contributed by atoms with Gasteiger partial charge in [-0.05, 0) is 24.3 Å². The highest BCUT2D eigenvalue weighted by atomic mass is 16.5. The first kappa shape index (κ1) is 11.5. The first-order chi connectivity index (χ1) is 9.29. The van der Waals surface area contributed by atoms with Crippen LogP contribution in [0.1, 0.15) is 0 Å². The van der Waals surface area contributed by atoms with Crippen LogP contribution in [0.15, 0.2) is 48.7 Å². The van der Waals surface area contributed by atoms with E-state index in [0.717, 1.165) is 16.5 Å². The molecule has 0 aliphatic carbocycles. The summed E-state index contributed by atoms with van der Waals surface area (Å²) in [5.74, 6) is 0.532. The van der Waals surface area contributed by atoms with Crippen molar-refractivity contribution in [2.45, 2.75) is 0 Å². The molecular formula is C15H13N3O. The van der Waals surface area contributed by atoms with E-state index < -0.39 is 0 Å². The van der Waals surface area contributed by atoms with Gasteiger partial charge in [0.15, 0.2) is 0 Å². The van der Waals surface area contributed by atoms with Crippen molar-refractivity contribution in [2.75, 3.05) is 12.8 Å². The summed E-state index contributed by atoms with van der Waals surface area (Å²) in [5, 5.41) is 1.03. The topological polar surface area (TPSA) is 61.0 Å². The number of nitrogen functional groups attached to an aromatic ring is 1. The summed E-state index contributed by atoms with van der Waals surface area (Å²) in [5.41, 5.74) is 8.97. The quantitative estimate of drug-likeness (QED) is 0.760. The van der Waals surface area contributed by atoms with Gasteiger partial charge in [0.2, 0.25) is 5.88 Å². The van der Waals surface area contributed by atoms with Crippen LogP contribution in [0.4, 0.5) is 5.69 Å². The van der Waals surface area contributed by atoms with Gasteiger partial charge in [0, 0.05) is 11.6 Å². The normalized spacial score (nSPS) is 10.6. The second-order valence-electron chi connectivity index (χ2n) is 4.18. The molecule has 3 aromatic rings. The zero-order valence-corrected chi connectivity index (χ0v) is 10.5. The van der Waals surface area contributed by atoms with Crippen LogP contribution in [-0.2, 0) is 0 Å². The molecule has 0 saturated heterocycles. The molecule has 0 aliphatic heterocycles. The Kier molecular flexibility index (Phi) is 2.76. The minimum atomic E-state index is 0.532. The van der Waals surface area contributed by atoms with Gasteiger partial charge in [0.1, 0.15) is 0 Å². The molecule has 0 spiro atoms. The highest BCUT2D eigenvalue weighted by molar-refractivity contribution is 5.87. The molecule has 0 saturated carbocycles. The number of methoxy groups -OCH3 is 1. The maximum absolute atomic E-state index is 5.97. The zero-order chi connectivity index (χ0) is 13.2. The number of nitrogens with two attached hydrogens (primary N) is 1. The summed E-state index contributed by atoms with van der Waals surface area (Å²) in [6.07, 6.45) is 1.71. The average molecular weight is 251 g/mol. The van der Waals surface area contributed by atoms with Crippen LogP contribution in [0.3, 0.4) is 0 Å². The second-order valence-corrected chi connectivity index (χ2v) is 4.18. The Balaban J connectivity index is 2.31. The van der Waals surface area contributed by atoms with Crippen molar-refractivity contribution in [3.05, 3.63) is 48.7 Å². The standard InChI is InChI=1S/C15H13N3O/c1-19-15-11(14-12(16)6-4-8-17-14)9-10-5-2-3-7-13(10)18-15/h2-9H,16H2,1H3. The van der Waals surface area contributed by atoms with E-state index in [-0.39, 0.29) is 0 Å². The molecule has 3 rings (SSSR count). The molecule has 2 heterocycles. The lowest BCUT2D eigenvalue weighted by Gasteiger charge is -2.10. The third-order valence-electron chi connectivity index (χ3n) is 2.98. The van der Waals surface area contributed by atoms with Crippen molar-refractivity contribution in [3.8, 4) is 17.1 Å². The lowest BCUT2D eigenvalue weighted by atomic mass is 10.1. The number of rotatable bonds is 2. The molecule has 1 aromatic carbocycles. The molecule has 0 atom stereocenters. The molecule has 0 fully saturated rings. The second kappa shape index (κ2) is 4.57. The lowest BCUT2D eigenvalue weighted by Crippen LogP contribution is -1.97. The Hall–Kier alpha value is -2.62. The van der Waals surface area contributed by atoms with Gasteiger partial charge in [-0.25, -0.2) is 4.98 Å². The van der Waals surface area contributed by atoms with Crippen LogP contribution in [0.2, 0.25) is 0 Å². The van der Waals surface area contributed by atoms with E-state index in [1.54, 1.807) is 19.4 Å². The first-order valence-electron chi connectivity index (χ1n) is 5.94. The van der Waals surface area contributed by atoms with Crippen LogP contribution in [0.5, 0.6) is 5.88 Å². The summed E-state index contributed by atoms with van der Waals surface area (Å²) in [6.45, 7) is 0. The van der Waals surface area contributed by atoms with E-state index >= 15 is 0 Å². The number of fused-ring (bicyclic) bond motifs is 1. The third-order valence-corrected chi connectivity index (χ3v) is 2.98. The van der Waals surface area contributed by atoms with Gasteiger partial charge >= 0.3 is 0 Å². The van der Waals surface area contributed by atoms with Crippen molar-refractivity contribution in [2.24, 2.45) is 0 Å². The van der Waals surface area contributed by atoms with E-state index in [9.17, 15) is 0 Å². The monoisotopic (exact) mass is 251 g/mol. The number of benzene rings is 1. The zero-order valence-electron chi connectivity index (χ0n) is 10.5. The maximum Gasteiger partial charge on any atom is 0.223 e. The number of hydrogen-bond acceptors (Lipinski definition) is 4. The van der Waals surface area contributed by atoms with E-state index in [4.69, 9.17) is 10.5 Å². The summed E-state index contributed by atoms with van der Waals surface area (Å²) >= 11 is 0. The Bertz CT molecular complexity index is 740. The molecule has 2 N–H and O–H groups in total. The Morgan fingerprint density at radius 2 is 1.95 bits per heavy atom. The van der Waals surface area contributed by atoms with Gasteiger partial charge in [0.25, 0.3) is 0 Å². The fourth-order valence-electron chi connectivity index (χ4n) is 2.07. The van der Waals surface area contributed by atoms with Crippen molar-refractivity contribution in [1.82, 2.24) is 9.97 Å². The first-order valence-corrected chi connectivity index (χ1v) is 5.94. The predicted octanol–water partition coefficient (Wildman–Crippen LogP) is 2.89. The number of ether oxygens (including phenoxy) is 1. The summed E-state index contributed by atoms with van der Waals surface area (Å²) < 4.78 is 5.36. The molecule has 0 aliphatic rings. The lowest BCUT2D eigenvalue weighted by molar-refractivity contribution is 0.401. The highest BCUT2D eigenvalue weighted by Gasteiger charge is 2.12. The highest BCUT2D eigenvalue weighted by Crippen LogP contribution is 2.33. The van der Waals surface area contributed by atoms with Gasteiger partial charge in [-0.15, -0.1) is 0 Å². The molecule has 0 bridgehead atoms. The SMILES string of the molecule is COc1nc2ccccc2cc1-c1ncccc1N. The molecular weight excluding hydrogens is 238 g/mol. The van der Waals surface area contributed by atoms with Gasteiger partial charge in [-0.2, -0.15) is 0 Å². The minimum absolute atomic E-state index is 0.532. The smallest absolute Gasteiger partial charge is 0.223 e. The molecule has 4 nitrogen and oxygen atoms in total. The van der Waals surface area contributed by atoms with E-state index in [2.05, 4.69) is 9.97 Å². The van der Waals surface area contributed by atoms with Crippen molar-refractivity contribution in [3.63, 3.8) is 0 Å². The Morgan fingerprint density at radius 3 is 2.74 bits per heavy atom. The average Bonchev–Trinajstić information content (AvgIpc) is 2.46. The predicted molar refractivity (Wildman–Crippen MR) is 75.9 cm³/mol. The molecule has 0 unspecified atom stereocenters. The fraction of sp³-hybridized carbons (Fsp3) is 0.0667. The molecule has 19 heavy (non-hydrogen) atoms. The van der Waals surface area contributed by atoms with E-state index in [1.807, 2.05) is 36.4 Å². The Labute approximate surface area is 110 Å². The summed E-state index contributed by atoms with van der Waals surface area (Å²) in [6, 6.07) is 13.5. The number of para-hydroxylation sites is 1. The molecule has 94 valence electrons. The number of anilines is 1. The van der Waals surface area contributed by atoms with E-state index in [1.165, 1.54) is 0 Å². The Morgan fingerprint density at radius 1 is 1.11 bits per heavy atom. The van der Waals surface area contributed by atoms with Crippen molar-refractivity contribution in [1.29, 1.82) is 0 Å². The minimum Gasteiger partial charge on any atom is -0.480 e. The van der Waals surface area contributed by atoms with Gasteiger partial charge in [-0.3, -0.25) is 4.98 Å². The number of hydrogen-bond donors (Lipinski definition) is 1. The fourth-order valence-corrected chi connectivity index (χ4v) is 2.07. The maximum atomic E-state index is 5.97. The molecule has 2 aromatic heterocycles. The van der Waals surface area contributed by atoms with E-state index in [0.29, 0.717) is 17.3 Å². The number of pyridine rings is 2. The summed E-state index contributed by atoms with van der Waals surface area (Å²) in [4.78, 5) is 8.81. The number of nitrogens with zero attached hydrogens (tertiary/aromatic N) is 2. The molecule has 4 heteroatoms. The van der Waals surface area contributed by atoms with Crippen LogP contribution in [0.25, 0.3) is 22.2 Å². The van der Waals surface area contributed by atoms with Crippen LogP contribution >= 0.6 is 0 Å². The van der Waals surface area contributed by atoms with Crippen LogP contribution < -0.4 is 10.5 Å². The van der Waals surface area contributed by atoms with Crippen molar-refractivity contribution >= 4 is 16.6 Å². The molecule has 0 radical (unpaired) electrons. The van der Waals surface area contributed by atoms with Crippen molar-refractivity contribution < 1.29 is 4.74 Å². The van der Waals surface area contributed by atoms with Crippen LogP contribution in [-0.4, -0.2) is 17.1 Å². The van der Waals surface area contributed by atoms with Gasteiger partial charge in [-0.1, -0.05) is 18.2 Å². The summed E-state index contributed by atoms with van der Waals surface area (Å²) in [7, 11) is 1.60. The van der Waals surface area contributed by atoms with Gasteiger partial charge in [0.05, 0.1) is 29.6 Å². The number of aromatic nitrogens is 2. The molecule has 0 amide bonds. The largest absolute Gasteiger partial charge is 0.480 e. The van der Waals surface area contributed by atoms with Gasteiger partial charge < -0.3 is 10.5 Å². The van der Waals surface area contributed by atoms with Crippen LogP contribution in [0, 0.1) is 0 Å². The third kappa shape index (κ3) is 1.97.